The van der Waals surface area contributed by atoms with Crippen molar-refractivity contribution >= 4 is 5.91 Å². The predicted molar refractivity (Wildman–Crippen MR) is 60.6 cm³/mol. The number of nitrogens with one attached hydrogen (secondary N) is 1. The van der Waals surface area contributed by atoms with Crippen molar-refractivity contribution in [1.29, 1.82) is 0 Å². The molecule has 1 unspecified atom stereocenters. The highest BCUT2D eigenvalue weighted by molar-refractivity contribution is 5.82. The molecule has 0 spiro atoms. The lowest BCUT2D eigenvalue weighted by molar-refractivity contribution is -0.132. The maximum Gasteiger partial charge on any atom is 0.239 e. The van der Waals surface area contributed by atoms with Gasteiger partial charge in [0.2, 0.25) is 5.91 Å². The first kappa shape index (κ1) is 10.9. The molecule has 2 heterocycles. The quantitative estimate of drug-likeness (QED) is 0.763. The van der Waals surface area contributed by atoms with Crippen molar-refractivity contribution in [3.63, 3.8) is 0 Å². The first-order valence-corrected chi connectivity index (χ1v) is 6.33. The Morgan fingerprint density at radius 2 is 2.33 bits per heavy atom. The highest BCUT2D eigenvalue weighted by Gasteiger charge is 2.31. The Hall–Kier alpha value is -0.570. The smallest absolute Gasteiger partial charge is 0.239 e. The van der Waals surface area contributed by atoms with Crippen LogP contribution in [0.25, 0.3) is 0 Å². The van der Waals surface area contributed by atoms with Crippen LogP contribution < -0.4 is 5.32 Å². The minimum absolute atomic E-state index is 0.130. The number of carbonyl (C=O) groups excluding carboxylic acids is 1. The molecule has 15 heavy (non-hydrogen) atoms. The van der Waals surface area contributed by atoms with Crippen LogP contribution in [0.4, 0.5) is 0 Å². The van der Waals surface area contributed by atoms with E-state index < -0.39 is 0 Å². The maximum absolute atomic E-state index is 12.1. The highest BCUT2D eigenvalue weighted by atomic mass is 16.2. The van der Waals surface area contributed by atoms with Gasteiger partial charge in [-0.3, -0.25) is 4.79 Å². The number of nitrogens with zero attached hydrogens (tertiary/aromatic N) is 1. The summed E-state index contributed by atoms with van der Waals surface area (Å²) in [6, 6.07) is 0.130. The van der Waals surface area contributed by atoms with E-state index >= 15 is 0 Å². The predicted octanol–water partition coefficient (Wildman–Crippen LogP) is 1.39. The van der Waals surface area contributed by atoms with E-state index in [1.165, 1.54) is 19.3 Å². The molecule has 2 atom stereocenters. The first-order valence-electron chi connectivity index (χ1n) is 6.33. The van der Waals surface area contributed by atoms with Crippen LogP contribution in [-0.2, 0) is 4.79 Å². The summed E-state index contributed by atoms with van der Waals surface area (Å²) in [4.78, 5) is 14.1. The summed E-state index contributed by atoms with van der Waals surface area (Å²) < 4.78 is 0. The van der Waals surface area contributed by atoms with Gasteiger partial charge in [-0.1, -0.05) is 13.3 Å². The van der Waals surface area contributed by atoms with E-state index in [9.17, 15) is 4.79 Å². The van der Waals surface area contributed by atoms with Gasteiger partial charge in [0.25, 0.3) is 0 Å². The topological polar surface area (TPSA) is 32.3 Å². The molecular formula is C12H22N2O. The van der Waals surface area contributed by atoms with E-state index in [4.69, 9.17) is 0 Å². The molecule has 2 rings (SSSR count). The standard InChI is InChI=1S/C12H22N2O/c1-2-4-10-6-8-14(9-10)12(15)11-5-3-7-13-11/h10-11,13H,2-9H2,1H3/t10?,11-/m0/s1. The van der Waals surface area contributed by atoms with Crippen molar-refractivity contribution in [3.8, 4) is 0 Å². The summed E-state index contributed by atoms with van der Waals surface area (Å²) in [5, 5.41) is 3.29. The Balaban J connectivity index is 1.81. The lowest BCUT2D eigenvalue weighted by atomic mass is 10.0. The molecule has 86 valence electrons. The van der Waals surface area contributed by atoms with Gasteiger partial charge < -0.3 is 10.2 Å². The molecule has 0 bridgehead atoms. The second-order valence-corrected chi connectivity index (χ2v) is 4.88. The van der Waals surface area contributed by atoms with Gasteiger partial charge in [-0.2, -0.15) is 0 Å². The van der Waals surface area contributed by atoms with Gasteiger partial charge in [0.15, 0.2) is 0 Å². The Labute approximate surface area is 92.2 Å². The van der Waals surface area contributed by atoms with E-state index in [1.54, 1.807) is 0 Å². The molecule has 1 N–H and O–H groups in total. The molecular weight excluding hydrogens is 188 g/mol. The molecule has 0 aromatic carbocycles. The van der Waals surface area contributed by atoms with Gasteiger partial charge >= 0.3 is 0 Å². The summed E-state index contributed by atoms with van der Waals surface area (Å²) in [5.74, 6) is 1.12. The van der Waals surface area contributed by atoms with E-state index in [2.05, 4.69) is 17.1 Å². The van der Waals surface area contributed by atoms with E-state index in [0.29, 0.717) is 5.91 Å². The van der Waals surface area contributed by atoms with Crippen LogP contribution in [0.15, 0.2) is 0 Å². The van der Waals surface area contributed by atoms with Crippen molar-refractivity contribution in [2.24, 2.45) is 5.92 Å². The van der Waals surface area contributed by atoms with Crippen LogP contribution in [-0.4, -0.2) is 36.5 Å². The zero-order valence-corrected chi connectivity index (χ0v) is 9.67. The second-order valence-electron chi connectivity index (χ2n) is 4.88. The molecule has 1 amide bonds. The Kier molecular flexibility index (Phi) is 3.62. The van der Waals surface area contributed by atoms with Gasteiger partial charge in [0, 0.05) is 13.1 Å². The van der Waals surface area contributed by atoms with Crippen molar-refractivity contribution in [2.45, 2.75) is 45.1 Å². The monoisotopic (exact) mass is 210 g/mol. The minimum atomic E-state index is 0.130. The van der Waals surface area contributed by atoms with Crippen LogP contribution in [0, 0.1) is 5.92 Å². The fourth-order valence-electron chi connectivity index (χ4n) is 2.79. The Morgan fingerprint density at radius 3 is 3.00 bits per heavy atom. The number of hydrogen-bond donors (Lipinski definition) is 1. The molecule has 2 aliphatic rings. The first-order chi connectivity index (χ1) is 7.31. The molecule has 2 aliphatic heterocycles. The molecule has 3 heteroatoms. The summed E-state index contributed by atoms with van der Waals surface area (Å²) in [6.45, 7) is 5.23. The molecule has 0 aromatic heterocycles. The molecule has 0 aliphatic carbocycles. The fraction of sp³-hybridized carbons (Fsp3) is 0.917. The van der Waals surface area contributed by atoms with Gasteiger partial charge in [0.05, 0.1) is 6.04 Å². The normalized spacial score (nSPS) is 31.1. The van der Waals surface area contributed by atoms with Crippen LogP contribution in [0.2, 0.25) is 0 Å². The lowest BCUT2D eigenvalue weighted by Gasteiger charge is -2.20. The average Bonchev–Trinajstić information content (AvgIpc) is 2.87. The fourth-order valence-corrected chi connectivity index (χ4v) is 2.79. The van der Waals surface area contributed by atoms with Crippen molar-refractivity contribution < 1.29 is 4.79 Å². The summed E-state index contributed by atoms with van der Waals surface area (Å²) in [6.07, 6.45) is 5.93. The zero-order valence-electron chi connectivity index (χ0n) is 9.67. The number of amides is 1. The molecule has 0 radical (unpaired) electrons. The minimum Gasteiger partial charge on any atom is -0.341 e. The largest absolute Gasteiger partial charge is 0.341 e. The van der Waals surface area contributed by atoms with Gasteiger partial charge in [0.1, 0.15) is 0 Å². The van der Waals surface area contributed by atoms with E-state index in [0.717, 1.165) is 38.4 Å². The number of hydrogen-bond acceptors (Lipinski definition) is 2. The van der Waals surface area contributed by atoms with Gasteiger partial charge in [-0.05, 0) is 38.1 Å². The third-order valence-corrected chi connectivity index (χ3v) is 3.65. The van der Waals surface area contributed by atoms with Crippen molar-refractivity contribution in [1.82, 2.24) is 10.2 Å². The third-order valence-electron chi connectivity index (χ3n) is 3.65. The molecule has 0 aromatic rings. The van der Waals surface area contributed by atoms with Crippen LogP contribution in [0.1, 0.15) is 39.0 Å². The molecule has 2 saturated heterocycles. The molecule has 0 saturated carbocycles. The Morgan fingerprint density at radius 1 is 1.47 bits per heavy atom. The second kappa shape index (κ2) is 4.97. The van der Waals surface area contributed by atoms with Crippen molar-refractivity contribution in [3.05, 3.63) is 0 Å². The van der Waals surface area contributed by atoms with E-state index in [1.807, 2.05) is 0 Å². The highest BCUT2D eigenvalue weighted by Crippen LogP contribution is 2.22. The molecule has 3 nitrogen and oxygen atoms in total. The van der Waals surface area contributed by atoms with Crippen LogP contribution >= 0.6 is 0 Å². The zero-order chi connectivity index (χ0) is 10.7. The van der Waals surface area contributed by atoms with Crippen LogP contribution in [0.5, 0.6) is 0 Å². The number of likely N-dealkylation sites (tertiary alicyclic amines) is 1. The molecule has 2 fully saturated rings. The lowest BCUT2D eigenvalue weighted by Crippen LogP contribution is -2.42. The maximum atomic E-state index is 12.1. The van der Waals surface area contributed by atoms with Gasteiger partial charge in [-0.25, -0.2) is 0 Å². The summed E-state index contributed by atoms with van der Waals surface area (Å²) in [5.41, 5.74) is 0. The van der Waals surface area contributed by atoms with Crippen LogP contribution in [0.3, 0.4) is 0 Å². The number of carbonyl (C=O) groups is 1. The van der Waals surface area contributed by atoms with Gasteiger partial charge in [-0.15, -0.1) is 0 Å². The summed E-state index contributed by atoms with van der Waals surface area (Å²) in [7, 11) is 0. The number of rotatable bonds is 3. The SMILES string of the molecule is CCCC1CCN(C(=O)[C@@H]2CCCN2)C1. The average molecular weight is 210 g/mol. The Bertz CT molecular complexity index is 224. The van der Waals surface area contributed by atoms with Crippen molar-refractivity contribution in [2.75, 3.05) is 19.6 Å². The van der Waals surface area contributed by atoms with E-state index in [-0.39, 0.29) is 6.04 Å². The summed E-state index contributed by atoms with van der Waals surface area (Å²) >= 11 is 0. The third kappa shape index (κ3) is 2.51.